The van der Waals surface area contributed by atoms with Crippen molar-refractivity contribution in [1.29, 1.82) is 0 Å². The Morgan fingerprint density at radius 3 is 2.11 bits per heavy atom. The second-order valence-corrected chi connectivity index (χ2v) is 5.34. The molecule has 0 spiro atoms. The second kappa shape index (κ2) is 5.85. The number of phenolic OH excluding ortho intramolecular Hbond substituents is 1. The Hall–Kier alpha value is -1.19. The summed E-state index contributed by atoms with van der Waals surface area (Å²) in [4.78, 5) is 0. The molecule has 1 nitrogen and oxygen atoms in total. The molecule has 1 atom stereocenters. The summed E-state index contributed by atoms with van der Waals surface area (Å²) < 4.78 is 39.3. The molecule has 0 aliphatic heterocycles. The number of halogens is 3. The van der Waals surface area contributed by atoms with Gasteiger partial charge in [0.15, 0.2) is 0 Å². The van der Waals surface area contributed by atoms with E-state index in [1.165, 1.54) is 6.07 Å². The Balaban J connectivity index is 3.38. The van der Waals surface area contributed by atoms with Crippen LogP contribution < -0.4 is 0 Å². The largest absolute Gasteiger partial charge is 0.508 e. The van der Waals surface area contributed by atoms with Crippen molar-refractivity contribution in [2.45, 2.75) is 58.5 Å². The van der Waals surface area contributed by atoms with Gasteiger partial charge in [-0.3, -0.25) is 0 Å². The number of hydrogen-bond donors (Lipinski definition) is 1. The number of hydrogen-bond acceptors (Lipinski definition) is 1. The molecule has 1 aromatic rings. The summed E-state index contributed by atoms with van der Waals surface area (Å²) in [7, 11) is 0. The molecule has 0 amide bonds. The average molecular weight is 274 g/mol. The van der Waals surface area contributed by atoms with Crippen LogP contribution >= 0.6 is 0 Å². The van der Waals surface area contributed by atoms with Crippen molar-refractivity contribution in [3.63, 3.8) is 0 Å². The number of benzene rings is 1. The summed E-state index contributed by atoms with van der Waals surface area (Å²) in [5.74, 6) is -0.386. The molecule has 0 saturated carbocycles. The summed E-state index contributed by atoms with van der Waals surface area (Å²) in [5.41, 5.74) is -0.0886. The zero-order chi connectivity index (χ0) is 14.8. The quantitative estimate of drug-likeness (QED) is 0.775. The van der Waals surface area contributed by atoms with E-state index in [2.05, 4.69) is 0 Å². The van der Waals surface area contributed by atoms with Crippen LogP contribution in [0, 0.1) is 0 Å². The maximum Gasteiger partial charge on any atom is 0.416 e. The summed E-state index contributed by atoms with van der Waals surface area (Å²) >= 11 is 0. The highest BCUT2D eigenvalue weighted by atomic mass is 19.4. The molecule has 0 bridgehead atoms. The van der Waals surface area contributed by atoms with Crippen LogP contribution in [0.15, 0.2) is 12.1 Å². The van der Waals surface area contributed by atoms with Crippen LogP contribution in [-0.4, -0.2) is 5.11 Å². The third-order valence-corrected chi connectivity index (χ3v) is 3.38. The highest BCUT2D eigenvalue weighted by Crippen LogP contribution is 2.41. The van der Waals surface area contributed by atoms with Crippen LogP contribution in [0.1, 0.15) is 69.1 Å². The highest BCUT2D eigenvalue weighted by molar-refractivity contribution is 5.46. The van der Waals surface area contributed by atoms with Crippen LogP contribution in [0.2, 0.25) is 0 Å². The van der Waals surface area contributed by atoms with Gasteiger partial charge < -0.3 is 5.11 Å². The second-order valence-electron chi connectivity index (χ2n) is 5.34. The first-order valence-corrected chi connectivity index (χ1v) is 6.62. The van der Waals surface area contributed by atoms with Crippen molar-refractivity contribution in [2.24, 2.45) is 0 Å². The molecular formula is C15H21F3O. The zero-order valence-corrected chi connectivity index (χ0v) is 11.8. The van der Waals surface area contributed by atoms with E-state index in [1.54, 1.807) is 13.8 Å². The average Bonchev–Trinajstić information content (AvgIpc) is 2.26. The van der Waals surface area contributed by atoms with Gasteiger partial charge in [0.2, 0.25) is 0 Å². The maximum atomic E-state index is 13.1. The normalized spacial score (nSPS) is 13.9. The van der Waals surface area contributed by atoms with Gasteiger partial charge >= 0.3 is 6.18 Å². The lowest BCUT2D eigenvalue weighted by atomic mass is 9.88. The van der Waals surface area contributed by atoms with E-state index in [0.717, 1.165) is 18.9 Å². The van der Waals surface area contributed by atoms with Gasteiger partial charge in [-0.05, 0) is 41.5 Å². The Morgan fingerprint density at radius 1 is 1.11 bits per heavy atom. The third kappa shape index (κ3) is 3.64. The first kappa shape index (κ1) is 15.9. The van der Waals surface area contributed by atoms with E-state index in [1.807, 2.05) is 13.8 Å². The lowest BCUT2D eigenvalue weighted by Gasteiger charge is -2.20. The van der Waals surface area contributed by atoms with Gasteiger partial charge in [-0.1, -0.05) is 34.1 Å². The molecular weight excluding hydrogens is 253 g/mol. The van der Waals surface area contributed by atoms with Crippen molar-refractivity contribution < 1.29 is 18.3 Å². The molecule has 19 heavy (non-hydrogen) atoms. The number of alkyl halides is 3. The fourth-order valence-corrected chi connectivity index (χ4v) is 2.33. The van der Waals surface area contributed by atoms with E-state index in [0.29, 0.717) is 5.56 Å². The van der Waals surface area contributed by atoms with Crippen LogP contribution in [0.25, 0.3) is 0 Å². The van der Waals surface area contributed by atoms with Crippen LogP contribution in [0.3, 0.4) is 0 Å². The lowest BCUT2D eigenvalue weighted by Crippen LogP contribution is -2.12. The number of aromatic hydroxyl groups is 1. The topological polar surface area (TPSA) is 20.2 Å². The number of phenols is 1. The summed E-state index contributed by atoms with van der Waals surface area (Å²) in [6.07, 6.45) is -2.76. The van der Waals surface area contributed by atoms with Crippen LogP contribution in [0.4, 0.5) is 13.2 Å². The van der Waals surface area contributed by atoms with Gasteiger partial charge in [-0.25, -0.2) is 0 Å². The Labute approximate surface area is 112 Å². The minimum absolute atomic E-state index is 0.0300. The van der Waals surface area contributed by atoms with Crippen LogP contribution in [0.5, 0.6) is 5.75 Å². The molecule has 0 fully saturated rings. The maximum absolute atomic E-state index is 13.1. The molecule has 0 aromatic heterocycles. The predicted octanol–water partition coefficient (Wildman–Crippen LogP) is 5.44. The monoisotopic (exact) mass is 274 g/mol. The molecule has 0 aliphatic carbocycles. The molecule has 0 radical (unpaired) electrons. The van der Waals surface area contributed by atoms with Crippen molar-refractivity contribution in [2.75, 3.05) is 0 Å². The summed E-state index contributed by atoms with van der Waals surface area (Å²) in [5, 5.41) is 9.96. The van der Waals surface area contributed by atoms with E-state index in [-0.39, 0.29) is 23.1 Å². The number of rotatable bonds is 4. The molecule has 108 valence electrons. The van der Waals surface area contributed by atoms with Gasteiger partial charge in [-0.15, -0.1) is 0 Å². The van der Waals surface area contributed by atoms with Crippen molar-refractivity contribution in [1.82, 2.24) is 0 Å². The molecule has 1 N–H and O–H groups in total. The van der Waals surface area contributed by atoms with E-state index < -0.39 is 11.7 Å². The minimum atomic E-state index is -4.38. The molecule has 4 heteroatoms. The highest BCUT2D eigenvalue weighted by Gasteiger charge is 2.35. The van der Waals surface area contributed by atoms with Gasteiger partial charge in [-0.2, -0.15) is 13.2 Å². The summed E-state index contributed by atoms with van der Waals surface area (Å²) in [6, 6.07) is 2.39. The van der Waals surface area contributed by atoms with E-state index in [4.69, 9.17) is 0 Å². The van der Waals surface area contributed by atoms with Gasteiger partial charge in [0, 0.05) is 0 Å². The van der Waals surface area contributed by atoms with Crippen molar-refractivity contribution >= 4 is 0 Å². The molecule has 0 aliphatic rings. The Kier molecular flexibility index (Phi) is 4.88. The fraction of sp³-hybridized carbons (Fsp3) is 0.600. The fourth-order valence-electron chi connectivity index (χ4n) is 2.33. The van der Waals surface area contributed by atoms with Crippen molar-refractivity contribution in [3.8, 4) is 5.75 Å². The predicted molar refractivity (Wildman–Crippen MR) is 70.5 cm³/mol. The van der Waals surface area contributed by atoms with E-state index >= 15 is 0 Å². The first-order chi connectivity index (χ1) is 8.68. The Bertz CT molecular complexity index is 436. The zero-order valence-electron chi connectivity index (χ0n) is 11.8. The third-order valence-electron chi connectivity index (χ3n) is 3.38. The molecule has 1 aromatic carbocycles. The van der Waals surface area contributed by atoms with Gasteiger partial charge in [0.1, 0.15) is 5.75 Å². The lowest BCUT2D eigenvalue weighted by molar-refractivity contribution is -0.138. The van der Waals surface area contributed by atoms with Gasteiger partial charge in [0.05, 0.1) is 5.56 Å². The molecule has 1 rings (SSSR count). The minimum Gasteiger partial charge on any atom is -0.508 e. The van der Waals surface area contributed by atoms with Gasteiger partial charge in [0.25, 0.3) is 0 Å². The van der Waals surface area contributed by atoms with Crippen LogP contribution in [-0.2, 0) is 6.18 Å². The molecule has 0 heterocycles. The standard InChI is InChI=1S/C15H21F3O/c1-5-6-10(4)12-7-13(15(16,17)18)11(9(2)3)8-14(12)19/h7-10,19H,5-6H2,1-4H3. The molecule has 1 unspecified atom stereocenters. The van der Waals surface area contributed by atoms with Crippen molar-refractivity contribution in [3.05, 3.63) is 28.8 Å². The SMILES string of the molecule is CCCC(C)c1cc(C(F)(F)F)c(C(C)C)cc1O. The first-order valence-electron chi connectivity index (χ1n) is 6.62. The Morgan fingerprint density at radius 2 is 1.68 bits per heavy atom. The van der Waals surface area contributed by atoms with E-state index in [9.17, 15) is 18.3 Å². The summed E-state index contributed by atoms with van der Waals surface area (Å²) in [6.45, 7) is 7.20. The smallest absolute Gasteiger partial charge is 0.416 e. The molecule has 0 saturated heterocycles.